The first-order chi connectivity index (χ1) is 18.7. The third-order valence-electron chi connectivity index (χ3n) is 8.91. The molecule has 0 aliphatic carbocycles. The Kier molecular flexibility index (Phi) is 15.5. The molecule has 0 bridgehead atoms. The minimum atomic E-state index is -3.08. The molecule has 0 saturated carbocycles. The lowest BCUT2D eigenvalue weighted by atomic mass is 10.6. The third-order valence-corrected chi connectivity index (χ3v) is 30.2. The van der Waals surface area contributed by atoms with Crippen LogP contribution in [0.5, 0.6) is 0 Å². The average molecular weight is 637 g/mol. The summed E-state index contributed by atoms with van der Waals surface area (Å²) in [4.78, 5) is 0. The smallest absolute Gasteiger partial charge is 0.391 e. The molecular formula is C28H68N4O4Si4. The van der Waals surface area contributed by atoms with Crippen LogP contribution < -0.4 is 0 Å². The second-order valence-corrected chi connectivity index (χ2v) is 27.7. The second-order valence-electron chi connectivity index (χ2n) is 12.2. The zero-order chi connectivity index (χ0) is 31.1. The normalized spacial score (nSPS) is 30.6. The van der Waals surface area contributed by atoms with Crippen LogP contribution in [0.3, 0.4) is 0 Å². The summed E-state index contributed by atoms with van der Waals surface area (Å²) in [6, 6.07) is 0. The molecule has 12 heteroatoms. The fourth-order valence-corrected chi connectivity index (χ4v) is 33.5. The van der Waals surface area contributed by atoms with E-state index in [2.05, 4.69) is 129 Å². The van der Waals surface area contributed by atoms with Gasteiger partial charge in [-0.05, 0) is 52.4 Å². The van der Waals surface area contributed by atoms with Gasteiger partial charge in [0.1, 0.15) is 0 Å². The maximum atomic E-state index is 7.99. The fraction of sp³-hybridized carbons (Fsp3) is 1.00. The van der Waals surface area contributed by atoms with Gasteiger partial charge in [0.25, 0.3) is 0 Å². The van der Waals surface area contributed by atoms with Gasteiger partial charge in [-0.15, -0.1) is 0 Å². The highest BCUT2D eigenvalue weighted by atomic mass is 28.5. The van der Waals surface area contributed by atoms with Gasteiger partial charge >= 0.3 is 34.9 Å². The summed E-state index contributed by atoms with van der Waals surface area (Å²) in [6.07, 6.45) is 0. The van der Waals surface area contributed by atoms with Gasteiger partial charge in [0.2, 0.25) is 0 Å². The van der Waals surface area contributed by atoms with Gasteiger partial charge in [-0.3, -0.25) is 18.3 Å². The van der Waals surface area contributed by atoms with Gasteiger partial charge in [-0.1, -0.05) is 111 Å². The van der Waals surface area contributed by atoms with Crippen LogP contribution in [0, 0.1) is 0 Å². The van der Waals surface area contributed by atoms with E-state index in [0.29, 0.717) is 0 Å². The zero-order valence-electron chi connectivity index (χ0n) is 29.4. The Bertz CT molecular complexity index is 603. The third kappa shape index (κ3) is 6.93. The number of hydrogen-bond donors (Lipinski definition) is 0. The van der Waals surface area contributed by atoms with Crippen LogP contribution in [0.1, 0.15) is 111 Å². The molecule has 8 nitrogen and oxygen atoms in total. The second kappa shape index (κ2) is 16.0. The predicted octanol–water partition coefficient (Wildman–Crippen LogP) is 6.83. The van der Waals surface area contributed by atoms with Crippen molar-refractivity contribution in [2.75, 3.05) is 52.4 Å². The quantitative estimate of drug-likeness (QED) is 0.171. The molecule has 0 radical (unpaired) electrons. The molecule has 1 aliphatic heterocycles. The maximum Gasteiger partial charge on any atom is 0.414 e. The standard InChI is InChI=1S/C28H68N4O4Si4/c1-17-29(18-2)37(25(9)10)33-38(26(11)12,30(19-3)20-4)35-40(28(15)16,32(23-7)24-8)36-39(34-37,27(13)14)31(21-5)22-6/h25-28H,17-24H2,1-16H3. The lowest BCUT2D eigenvalue weighted by Crippen LogP contribution is -2.84. The van der Waals surface area contributed by atoms with E-state index in [1.807, 2.05) is 0 Å². The first-order valence-corrected chi connectivity index (χ1v) is 23.9. The van der Waals surface area contributed by atoms with Crippen LogP contribution in [-0.2, 0) is 16.5 Å². The van der Waals surface area contributed by atoms with Crippen molar-refractivity contribution in [2.45, 2.75) is 133 Å². The van der Waals surface area contributed by atoms with Crippen LogP contribution in [0.2, 0.25) is 22.2 Å². The molecule has 1 aliphatic rings. The van der Waals surface area contributed by atoms with Gasteiger partial charge in [-0.2, -0.15) is 0 Å². The van der Waals surface area contributed by atoms with E-state index < -0.39 is 34.9 Å². The lowest BCUT2D eigenvalue weighted by molar-refractivity contribution is 0.0812. The van der Waals surface area contributed by atoms with Crippen molar-refractivity contribution in [3.63, 3.8) is 0 Å². The van der Waals surface area contributed by atoms with Crippen molar-refractivity contribution in [3.8, 4) is 0 Å². The average Bonchev–Trinajstić information content (AvgIpc) is 2.89. The molecule has 40 heavy (non-hydrogen) atoms. The Morgan fingerprint density at radius 1 is 0.325 bits per heavy atom. The molecule has 0 aromatic heterocycles. The molecule has 0 amide bonds. The molecule has 0 spiro atoms. The van der Waals surface area contributed by atoms with E-state index in [4.69, 9.17) is 16.5 Å². The van der Waals surface area contributed by atoms with Crippen molar-refractivity contribution in [1.82, 2.24) is 18.3 Å². The Labute approximate surface area is 254 Å². The fourth-order valence-electron chi connectivity index (χ4n) is 6.50. The molecular weight excluding hydrogens is 569 g/mol. The molecule has 0 atom stereocenters. The molecule has 1 fully saturated rings. The highest BCUT2D eigenvalue weighted by Crippen LogP contribution is 2.48. The van der Waals surface area contributed by atoms with Crippen LogP contribution >= 0.6 is 0 Å². The van der Waals surface area contributed by atoms with Crippen molar-refractivity contribution in [1.29, 1.82) is 0 Å². The van der Waals surface area contributed by atoms with Crippen molar-refractivity contribution in [2.24, 2.45) is 0 Å². The molecule has 0 unspecified atom stereocenters. The Hall–Kier alpha value is 0.548. The number of hydrogen-bond acceptors (Lipinski definition) is 8. The van der Waals surface area contributed by atoms with Crippen LogP contribution in [-0.4, -0.2) is 106 Å². The maximum absolute atomic E-state index is 7.99. The minimum Gasteiger partial charge on any atom is -0.391 e. The van der Waals surface area contributed by atoms with Crippen LogP contribution in [0.4, 0.5) is 0 Å². The van der Waals surface area contributed by atoms with Gasteiger partial charge in [0.15, 0.2) is 0 Å². The lowest BCUT2D eigenvalue weighted by Gasteiger charge is -2.62. The largest absolute Gasteiger partial charge is 0.414 e. The minimum absolute atomic E-state index is 0.198. The van der Waals surface area contributed by atoms with E-state index in [9.17, 15) is 0 Å². The van der Waals surface area contributed by atoms with E-state index in [-0.39, 0.29) is 22.2 Å². The SMILES string of the molecule is CCN(CC)[Si]1(C(C)C)O[Si](C(C)C)(N(CC)CC)O[Si](C(C)C)(N(CC)CC)O[Si](C(C)C)(N(CC)CC)O1. The molecule has 240 valence electrons. The molecule has 1 heterocycles. The van der Waals surface area contributed by atoms with E-state index >= 15 is 0 Å². The van der Waals surface area contributed by atoms with E-state index in [1.165, 1.54) is 0 Å². The monoisotopic (exact) mass is 636 g/mol. The van der Waals surface area contributed by atoms with Gasteiger partial charge in [-0.25, -0.2) is 0 Å². The first kappa shape index (κ1) is 38.6. The molecule has 0 aromatic carbocycles. The summed E-state index contributed by atoms with van der Waals surface area (Å²) in [7, 11) is -12.3. The summed E-state index contributed by atoms with van der Waals surface area (Å²) >= 11 is 0. The molecule has 0 aromatic rings. The number of rotatable bonds is 16. The molecule has 0 N–H and O–H groups in total. The van der Waals surface area contributed by atoms with Crippen LogP contribution in [0.15, 0.2) is 0 Å². The van der Waals surface area contributed by atoms with Crippen LogP contribution in [0.25, 0.3) is 0 Å². The van der Waals surface area contributed by atoms with E-state index in [1.54, 1.807) is 0 Å². The molecule has 1 rings (SSSR count). The zero-order valence-corrected chi connectivity index (χ0v) is 33.4. The highest BCUT2D eigenvalue weighted by molar-refractivity contribution is 6.93. The summed E-state index contributed by atoms with van der Waals surface area (Å²) in [5, 5.41) is 0. The van der Waals surface area contributed by atoms with E-state index in [0.717, 1.165) is 52.4 Å². The summed E-state index contributed by atoms with van der Waals surface area (Å²) in [5.41, 5.74) is 0.791. The van der Waals surface area contributed by atoms with Gasteiger partial charge < -0.3 is 16.5 Å². The number of nitrogens with zero attached hydrogens (tertiary/aromatic N) is 4. The Balaban J connectivity index is 4.47. The molecule has 1 saturated heterocycles. The van der Waals surface area contributed by atoms with Gasteiger partial charge in [0.05, 0.1) is 0 Å². The Morgan fingerprint density at radius 3 is 0.525 bits per heavy atom. The summed E-state index contributed by atoms with van der Waals surface area (Å²) < 4.78 is 42.1. The first-order valence-electron chi connectivity index (χ1n) is 16.5. The summed E-state index contributed by atoms with van der Waals surface area (Å²) in [5.74, 6) is 0. The van der Waals surface area contributed by atoms with Crippen molar-refractivity contribution < 1.29 is 16.5 Å². The van der Waals surface area contributed by atoms with Gasteiger partial charge in [0, 0.05) is 22.2 Å². The van der Waals surface area contributed by atoms with Crippen molar-refractivity contribution in [3.05, 3.63) is 0 Å². The highest BCUT2D eigenvalue weighted by Gasteiger charge is 2.71. The summed E-state index contributed by atoms with van der Waals surface area (Å²) in [6.45, 7) is 43.6. The Morgan fingerprint density at radius 2 is 0.450 bits per heavy atom. The predicted molar refractivity (Wildman–Crippen MR) is 179 cm³/mol. The van der Waals surface area contributed by atoms with Crippen molar-refractivity contribution >= 4 is 34.9 Å². The topological polar surface area (TPSA) is 49.9 Å².